The van der Waals surface area contributed by atoms with Gasteiger partial charge >= 0.3 is 0 Å². The van der Waals surface area contributed by atoms with E-state index >= 15 is 0 Å². The highest BCUT2D eigenvalue weighted by Gasteiger charge is 2.10. The molecule has 19 heavy (non-hydrogen) atoms. The van der Waals surface area contributed by atoms with E-state index in [1.54, 1.807) is 30.6 Å². The molecule has 0 radical (unpaired) electrons. The number of halogens is 1. The van der Waals surface area contributed by atoms with E-state index in [4.69, 9.17) is 5.73 Å². The van der Waals surface area contributed by atoms with Crippen molar-refractivity contribution in [3.05, 3.63) is 52.0 Å². The fourth-order valence-electron chi connectivity index (χ4n) is 1.49. The first-order chi connectivity index (χ1) is 9.06. The lowest BCUT2D eigenvalue weighted by Gasteiger charge is -2.07. The molecule has 0 aliphatic heterocycles. The molecular formula is C13H13BrN4O. The topological polar surface area (TPSA) is 80.9 Å². The normalized spacial score (nSPS) is 10.2. The molecule has 2 aromatic rings. The molecule has 0 saturated carbocycles. The summed E-state index contributed by atoms with van der Waals surface area (Å²) in [6.07, 6.45) is 3.31. The Balaban J connectivity index is 2.05. The van der Waals surface area contributed by atoms with Gasteiger partial charge in [0.25, 0.3) is 5.91 Å². The lowest BCUT2D eigenvalue weighted by Crippen LogP contribution is -2.24. The first kappa shape index (κ1) is 13.5. The van der Waals surface area contributed by atoms with Crippen LogP contribution in [-0.2, 0) is 6.54 Å². The number of hydrogen-bond acceptors (Lipinski definition) is 4. The van der Waals surface area contributed by atoms with E-state index in [9.17, 15) is 4.79 Å². The Morgan fingerprint density at radius 3 is 2.84 bits per heavy atom. The highest BCUT2D eigenvalue weighted by molar-refractivity contribution is 9.10. The van der Waals surface area contributed by atoms with Gasteiger partial charge in [0.2, 0.25) is 0 Å². The third kappa shape index (κ3) is 3.51. The summed E-state index contributed by atoms with van der Waals surface area (Å²) in [7, 11) is 0. The second-order valence-corrected chi connectivity index (χ2v) is 4.93. The second-order valence-electron chi connectivity index (χ2n) is 4.07. The van der Waals surface area contributed by atoms with Crippen LogP contribution in [-0.4, -0.2) is 15.9 Å². The van der Waals surface area contributed by atoms with Crippen LogP contribution in [0.3, 0.4) is 0 Å². The number of carbonyl (C=O) groups excluding carboxylic acids is 1. The molecule has 0 aliphatic rings. The van der Waals surface area contributed by atoms with E-state index in [-0.39, 0.29) is 5.91 Å². The van der Waals surface area contributed by atoms with Gasteiger partial charge in [0.05, 0.1) is 29.7 Å². The van der Waals surface area contributed by atoms with Gasteiger partial charge in [-0.2, -0.15) is 0 Å². The van der Waals surface area contributed by atoms with Crippen molar-refractivity contribution in [2.45, 2.75) is 13.5 Å². The van der Waals surface area contributed by atoms with Gasteiger partial charge in [-0.1, -0.05) is 0 Å². The van der Waals surface area contributed by atoms with Gasteiger partial charge in [0.15, 0.2) is 0 Å². The van der Waals surface area contributed by atoms with Crippen molar-refractivity contribution in [3.8, 4) is 0 Å². The van der Waals surface area contributed by atoms with Crippen molar-refractivity contribution < 1.29 is 4.79 Å². The molecule has 0 fully saturated rings. The predicted molar refractivity (Wildman–Crippen MR) is 76.5 cm³/mol. The smallest absolute Gasteiger partial charge is 0.252 e. The molecule has 2 rings (SSSR count). The van der Waals surface area contributed by atoms with Crippen molar-refractivity contribution in [2.24, 2.45) is 0 Å². The molecule has 0 atom stereocenters. The summed E-state index contributed by atoms with van der Waals surface area (Å²) < 4.78 is 0.703. The van der Waals surface area contributed by atoms with Gasteiger partial charge in [0.1, 0.15) is 0 Å². The van der Waals surface area contributed by atoms with Crippen molar-refractivity contribution in [3.63, 3.8) is 0 Å². The standard InChI is InChI=1S/C13H13BrN4O/c1-8-5-17-10(6-16-8)7-18-13(19)11-4-9(15)2-3-12(11)14/h2-6H,7,15H2,1H3,(H,18,19). The zero-order valence-electron chi connectivity index (χ0n) is 10.4. The van der Waals surface area contributed by atoms with Gasteiger partial charge in [-0.3, -0.25) is 14.8 Å². The highest BCUT2D eigenvalue weighted by atomic mass is 79.9. The van der Waals surface area contributed by atoms with Gasteiger partial charge in [-0.05, 0) is 41.1 Å². The minimum Gasteiger partial charge on any atom is -0.399 e. The summed E-state index contributed by atoms with van der Waals surface area (Å²) in [5, 5.41) is 2.78. The predicted octanol–water partition coefficient (Wildman–Crippen LogP) is 2.06. The van der Waals surface area contributed by atoms with Crippen LogP contribution in [0.5, 0.6) is 0 Å². The number of hydrogen-bond donors (Lipinski definition) is 2. The molecule has 1 aromatic carbocycles. The molecular weight excluding hydrogens is 308 g/mol. The maximum absolute atomic E-state index is 12.0. The first-order valence-electron chi connectivity index (χ1n) is 5.67. The number of nitrogens with zero attached hydrogens (tertiary/aromatic N) is 2. The van der Waals surface area contributed by atoms with Crippen LogP contribution >= 0.6 is 15.9 Å². The van der Waals surface area contributed by atoms with E-state index in [1.165, 1.54) is 0 Å². The Morgan fingerprint density at radius 2 is 2.16 bits per heavy atom. The van der Waals surface area contributed by atoms with E-state index < -0.39 is 0 Å². The average molecular weight is 321 g/mol. The number of aromatic nitrogens is 2. The number of rotatable bonds is 3. The van der Waals surface area contributed by atoms with E-state index in [0.717, 1.165) is 5.69 Å². The van der Waals surface area contributed by atoms with Gasteiger partial charge in [-0.15, -0.1) is 0 Å². The molecule has 6 heteroatoms. The monoisotopic (exact) mass is 320 g/mol. The molecule has 1 amide bonds. The maximum atomic E-state index is 12.0. The highest BCUT2D eigenvalue weighted by Crippen LogP contribution is 2.19. The van der Waals surface area contributed by atoms with E-state index in [0.29, 0.717) is 28.0 Å². The fraction of sp³-hybridized carbons (Fsp3) is 0.154. The fourth-order valence-corrected chi connectivity index (χ4v) is 1.92. The van der Waals surface area contributed by atoms with Crippen LogP contribution in [0.15, 0.2) is 35.1 Å². The third-order valence-corrected chi connectivity index (χ3v) is 3.19. The minimum absolute atomic E-state index is 0.207. The largest absolute Gasteiger partial charge is 0.399 e. The summed E-state index contributed by atoms with van der Waals surface area (Å²) in [4.78, 5) is 20.3. The molecule has 0 bridgehead atoms. The van der Waals surface area contributed by atoms with Crippen LogP contribution in [0.25, 0.3) is 0 Å². The Kier molecular flexibility index (Phi) is 4.11. The van der Waals surface area contributed by atoms with Crippen LogP contribution in [0.2, 0.25) is 0 Å². The second kappa shape index (κ2) is 5.79. The Bertz CT molecular complexity index is 598. The van der Waals surface area contributed by atoms with E-state index in [2.05, 4.69) is 31.2 Å². The lowest BCUT2D eigenvalue weighted by molar-refractivity contribution is 0.0949. The van der Waals surface area contributed by atoms with E-state index in [1.807, 2.05) is 6.92 Å². The lowest BCUT2D eigenvalue weighted by atomic mass is 10.2. The maximum Gasteiger partial charge on any atom is 0.252 e. The molecule has 0 spiro atoms. The van der Waals surface area contributed by atoms with Crippen molar-refractivity contribution in [1.29, 1.82) is 0 Å². The molecule has 1 heterocycles. The zero-order valence-corrected chi connectivity index (χ0v) is 11.9. The SMILES string of the molecule is Cc1cnc(CNC(=O)c2cc(N)ccc2Br)cn1. The first-order valence-corrected chi connectivity index (χ1v) is 6.46. The van der Waals surface area contributed by atoms with Crippen molar-refractivity contribution >= 4 is 27.5 Å². The number of aryl methyl sites for hydroxylation is 1. The summed E-state index contributed by atoms with van der Waals surface area (Å²) >= 11 is 3.32. The van der Waals surface area contributed by atoms with Crippen LogP contribution < -0.4 is 11.1 Å². The molecule has 0 aliphatic carbocycles. The van der Waals surface area contributed by atoms with Gasteiger partial charge < -0.3 is 11.1 Å². The number of nitrogens with two attached hydrogens (primary N) is 1. The molecule has 98 valence electrons. The quantitative estimate of drug-likeness (QED) is 0.848. The molecule has 3 N–H and O–H groups in total. The average Bonchev–Trinajstić information content (AvgIpc) is 2.40. The Labute approximate surface area is 119 Å². The number of anilines is 1. The number of carbonyl (C=O) groups is 1. The summed E-state index contributed by atoms with van der Waals surface area (Å²) in [5.41, 5.74) is 8.26. The van der Waals surface area contributed by atoms with Gasteiger partial charge in [-0.25, -0.2) is 0 Å². The van der Waals surface area contributed by atoms with Crippen molar-refractivity contribution in [2.75, 3.05) is 5.73 Å². The number of amides is 1. The molecule has 0 saturated heterocycles. The third-order valence-electron chi connectivity index (χ3n) is 2.50. The van der Waals surface area contributed by atoms with Crippen molar-refractivity contribution in [1.82, 2.24) is 15.3 Å². The molecule has 5 nitrogen and oxygen atoms in total. The molecule has 0 unspecified atom stereocenters. The minimum atomic E-state index is -0.207. The summed E-state index contributed by atoms with van der Waals surface area (Å²) in [6.45, 7) is 2.19. The number of nitrogens with one attached hydrogen (secondary N) is 1. The number of nitrogen functional groups attached to an aromatic ring is 1. The van der Waals surface area contributed by atoms with Crippen LogP contribution in [0.4, 0.5) is 5.69 Å². The molecule has 1 aromatic heterocycles. The summed E-state index contributed by atoms with van der Waals surface area (Å²) in [5.74, 6) is -0.207. The van der Waals surface area contributed by atoms with Crippen LogP contribution in [0.1, 0.15) is 21.7 Å². The summed E-state index contributed by atoms with van der Waals surface area (Å²) in [6, 6.07) is 5.10. The zero-order chi connectivity index (χ0) is 13.8. The number of benzene rings is 1. The Morgan fingerprint density at radius 1 is 1.37 bits per heavy atom. The van der Waals surface area contributed by atoms with Crippen LogP contribution in [0, 0.1) is 6.92 Å². The Hall–Kier alpha value is -1.95. The van der Waals surface area contributed by atoms with Gasteiger partial charge in [0, 0.05) is 16.4 Å².